The van der Waals surface area contributed by atoms with Crippen molar-refractivity contribution in [1.82, 2.24) is 14.5 Å². The lowest BCUT2D eigenvalue weighted by Gasteiger charge is -2.21. The van der Waals surface area contributed by atoms with Crippen molar-refractivity contribution < 1.29 is 5.11 Å². The van der Waals surface area contributed by atoms with Gasteiger partial charge < -0.3 is 9.67 Å². The van der Waals surface area contributed by atoms with Crippen molar-refractivity contribution >= 4 is 21.9 Å². The van der Waals surface area contributed by atoms with E-state index < -0.39 is 0 Å². The summed E-state index contributed by atoms with van der Waals surface area (Å²) in [4.78, 5) is 10.0. The molecule has 2 aromatic heterocycles. The molecule has 42 heavy (non-hydrogen) atoms. The lowest BCUT2D eigenvalue weighted by molar-refractivity contribution is 0.475. The molecule has 0 atom stereocenters. The summed E-state index contributed by atoms with van der Waals surface area (Å²) in [5.41, 5.74) is 11.7. The summed E-state index contributed by atoms with van der Waals surface area (Å²) in [5, 5.41) is 12.0. The van der Waals surface area contributed by atoms with Gasteiger partial charge in [0.25, 0.3) is 0 Å². The minimum Gasteiger partial charge on any atom is -0.507 e. The van der Waals surface area contributed by atoms with Gasteiger partial charge in [-0.15, -0.1) is 0 Å². The second-order valence-corrected chi connectivity index (χ2v) is 13.6. The molecule has 0 aliphatic heterocycles. The highest BCUT2D eigenvalue weighted by molar-refractivity contribution is 5.98. The highest BCUT2D eigenvalue weighted by Gasteiger charge is 2.21. The van der Waals surface area contributed by atoms with Crippen LogP contribution in [-0.4, -0.2) is 19.6 Å². The minimum atomic E-state index is -0.0410. The Balaban J connectivity index is 1.53. The quantitative estimate of drug-likeness (QED) is 0.237. The van der Waals surface area contributed by atoms with Crippen LogP contribution in [0.25, 0.3) is 55.6 Å². The molecule has 4 nitrogen and oxygen atoms in total. The molecule has 0 saturated heterocycles. The number of hydrogen-bond acceptors (Lipinski definition) is 3. The van der Waals surface area contributed by atoms with Gasteiger partial charge in [0.2, 0.25) is 0 Å². The zero-order valence-corrected chi connectivity index (χ0v) is 25.9. The Hall–Kier alpha value is -4.44. The summed E-state index contributed by atoms with van der Waals surface area (Å²) in [6.45, 7) is 15.4. The number of phenols is 1. The Morgan fingerprint density at radius 3 is 2.05 bits per heavy atom. The number of aryl methyl sites for hydroxylation is 2. The fourth-order valence-electron chi connectivity index (χ4n) is 5.74. The predicted molar refractivity (Wildman–Crippen MR) is 176 cm³/mol. The summed E-state index contributed by atoms with van der Waals surface area (Å²) >= 11 is 0. The first-order chi connectivity index (χ1) is 19.8. The molecular formula is C38H39N3O. The highest BCUT2D eigenvalue weighted by atomic mass is 16.3. The molecular weight excluding hydrogens is 514 g/mol. The number of pyridine rings is 1. The van der Waals surface area contributed by atoms with Crippen LogP contribution in [-0.2, 0) is 17.9 Å². The van der Waals surface area contributed by atoms with Crippen LogP contribution in [0.3, 0.4) is 0 Å². The van der Waals surface area contributed by atoms with Crippen LogP contribution in [0.4, 0.5) is 0 Å². The molecule has 212 valence electrons. The van der Waals surface area contributed by atoms with Crippen LogP contribution in [0.2, 0.25) is 0 Å². The monoisotopic (exact) mass is 553 g/mol. The fraction of sp³-hybridized carbons (Fsp3) is 0.263. The van der Waals surface area contributed by atoms with Crippen LogP contribution >= 0.6 is 0 Å². The van der Waals surface area contributed by atoms with Crippen molar-refractivity contribution in [3.63, 3.8) is 0 Å². The highest BCUT2D eigenvalue weighted by Crippen LogP contribution is 2.39. The molecule has 0 unspecified atom stereocenters. The lowest BCUT2D eigenvalue weighted by Crippen LogP contribution is -2.11. The van der Waals surface area contributed by atoms with Gasteiger partial charge in [0, 0.05) is 29.8 Å². The Labute approximate surface area is 248 Å². The van der Waals surface area contributed by atoms with E-state index in [0.29, 0.717) is 0 Å². The Morgan fingerprint density at radius 2 is 1.33 bits per heavy atom. The number of aromatic hydroxyl groups is 1. The third-order valence-corrected chi connectivity index (χ3v) is 8.29. The molecule has 0 bridgehead atoms. The van der Waals surface area contributed by atoms with E-state index in [2.05, 4.69) is 120 Å². The third-order valence-electron chi connectivity index (χ3n) is 8.29. The molecule has 0 radical (unpaired) electrons. The van der Waals surface area contributed by atoms with E-state index in [1.807, 2.05) is 19.3 Å². The summed E-state index contributed by atoms with van der Waals surface area (Å²) in [7, 11) is 2.02. The number of phenolic OH excluding ortho intramolecular Hbond substituents is 1. The molecule has 1 N–H and O–H groups in total. The van der Waals surface area contributed by atoms with Crippen molar-refractivity contribution in [2.45, 2.75) is 59.3 Å². The molecule has 6 aromatic rings. The number of benzene rings is 4. The van der Waals surface area contributed by atoms with Gasteiger partial charge >= 0.3 is 0 Å². The van der Waals surface area contributed by atoms with E-state index in [1.54, 1.807) is 6.07 Å². The molecule has 0 amide bonds. The Morgan fingerprint density at radius 1 is 0.667 bits per heavy atom. The second kappa shape index (κ2) is 9.84. The first-order valence-corrected chi connectivity index (χ1v) is 14.6. The molecule has 4 aromatic carbocycles. The van der Waals surface area contributed by atoms with Crippen molar-refractivity contribution in [3.8, 4) is 39.4 Å². The number of aromatic nitrogens is 3. The number of nitrogens with zero attached hydrogens (tertiary/aromatic N) is 3. The average molecular weight is 554 g/mol. The van der Waals surface area contributed by atoms with Gasteiger partial charge in [-0.1, -0.05) is 77.9 Å². The summed E-state index contributed by atoms with van der Waals surface area (Å²) in [6.07, 6.45) is 1.95. The lowest BCUT2D eigenvalue weighted by atomic mass is 9.83. The molecule has 6 rings (SSSR count). The zero-order chi connectivity index (χ0) is 30.0. The van der Waals surface area contributed by atoms with Gasteiger partial charge in [0.15, 0.2) is 0 Å². The molecule has 0 fully saturated rings. The number of fused-ring (bicyclic) bond motifs is 2. The summed E-state index contributed by atoms with van der Waals surface area (Å²) in [6, 6.07) is 27.7. The van der Waals surface area contributed by atoms with Crippen LogP contribution in [0.1, 0.15) is 58.2 Å². The van der Waals surface area contributed by atoms with Crippen LogP contribution < -0.4 is 0 Å². The van der Waals surface area contributed by atoms with Crippen LogP contribution in [0.15, 0.2) is 85.1 Å². The van der Waals surface area contributed by atoms with Crippen molar-refractivity contribution in [3.05, 3.63) is 102 Å². The maximum Gasteiger partial charge on any atom is 0.144 e. The Bertz CT molecular complexity index is 1980. The predicted octanol–water partition coefficient (Wildman–Crippen LogP) is 9.73. The topological polar surface area (TPSA) is 50.9 Å². The standard InChI is InChI=1S/C38H39N3O/c1-23-17-26-19-28(38(5,6)7)21-30(34(26)39-22-23)25-12-9-11-24(18-25)29-13-10-14-32-35(29)40-36(41(32)8)31-20-27(37(2,3)4)15-16-33(31)42/h9-22,42H,1-8H3. The van der Waals surface area contributed by atoms with Gasteiger partial charge in [0.05, 0.1) is 22.1 Å². The average Bonchev–Trinajstić information content (AvgIpc) is 3.27. The van der Waals surface area contributed by atoms with Gasteiger partial charge in [-0.2, -0.15) is 0 Å². The number of hydrogen-bond donors (Lipinski definition) is 1. The van der Waals surface area contributed by atoms with E-state index in [-0.39, 0.29) is 16.6 Å². The van der Waals surface area contributed by atoms with Crippen molar-refractivity contribution in [2.24, 2.45) is 7.05 Å². The molecule has 4 heteroatoms. The Kier molecular flexibility index (Phi) is 6.49. The molecule has 0 aliphatic carbocycles. The fourth-order valence-corrected chi connectivity index (χ4v) is 5.74. The number of rotatable bonds is 3. The third kappa shape index (κ3) is 4.85. The van der Waals surface area contributed by atoms with Gasteiger partial charge in [0.1, 0.15) is 11.6 Å². The van der Waals surface area contributed by atoms with Crippen LogP contribution in [0.5, 0.6) is 5.75 Å². The maximum atomic E-state index is 10.9. The van der Waals surface area contributed by atoms with E-state index in [1.165, 1.54) is 5.56 Å². The SMILES string of the molecule is Cc1cnc2c(-c3cccc(-c4cccc5c4nc(-c4cc(C(C)(C)C)ccc4O)n5C)c3)cc(C(C)(C)C)cc2c1. The minimum absolute atomic E-state index is 0.0100. The largest absolute Gasteiger partial charge is 0.507 e. The van der Waals surface area contributed by atoms with Gasteiger partial charge in [-0.3, -0.25) is 4.98 Å². The molecule has 0 spiro atoms. The summed E-state index contributed by atoms with van der Waals surface area (Å²) < 4.78 is 2.08. The normalized spacial score (nSPS) is 12.4. The smallest absolute Gasteiger partial charge is 0.144 e. The molecule has 2 heterocycles. The zero-order valence-electron chi connectivity index (χ0n) is 25.9. The molecule has 0 saturated carbocycles. The molecule has 0 aliphatic rings. The first kappa shape index (κ1) is 27.7. The van der Waals surface area contributed by atoms with E-state index in [9.17, 15) is 5.11 Å². The second-order valence-electron chi connectivity index (χ2n) is 13.6. The first-order valence-electron chi connectivity index (χ1n) is 14.6. The van der Waals surface area contributed by atoms with Gasteiger partial charge in [-0.25, -0.2) is 4.98 Å². The van der Waals surface area contributed by atoms with E-state index in [4.69, 9.17) is 9.97 Å². The number of imidazole rings is 1. The van der Waals surface area contributed by atoms with E-state index >= 15 is 0 Å². The van der Waals surface area contributed by atoms with E-state index in [0.717, 1.165) is 66.7 Å². The van der Waals surface area contributed by atoms with Crippen molar-refractivity contribution in [1.29, 1.82) is 0 Å². The number of para-hydroxylation sites is 1. The summed E-state index contributed by atoms with van der Waals surface area (Å²) in [5.74, 6) is 0.985. The maximum absolute atomic E-state index is 10.9. The van der Waals surface area contributed by atoms with Crippen molar-refractivity contribution in [2.75, 3.05) is 0 Å². The van der Waals surface area contributed by atoms with Gasteiger partial charge in [-0.05, 0) is 88.0 Å². The van der Waals surface area contributed by atoms with Crippen LogP contribution in [0, 0.1) is 6.92 Å².